The molecule has 2 saturated heterocycles. The fourth-order valence-electron chi connectivity index (χ4n) is 3.28. The summed E-state index contributed by atoms with van der Waals surface area (Å²) in [6, 6.07) is 5.43. The minimum atomic E-state index is -0.619. The number of rotatable bonds is 6. The van der Waals surface area contributed by atoms with Gasteiger partial charge in [-0.3, -0.25) is 9.59 Å². The SMILES string of the molecule is C[C@@]12CCC(=O)N1[C@H](C(=O)OCC(=O)NCCc1ccc(F)cc1)CS2. The molecule has 26 heavy (non-hydrogen) atoms. The molecule has 2 amide bonds. The Morgan fingerprint density at radius 3 is 2.85 bits per heavy atom. The molecule has 8 heteroatoms. The second-order valence-corrected chi connectivity index (χ2v) is 8.10. The van der Waals surface area contributed by atoms with Gasteiger partial charge in [0.05, 0.1) is 4.87 Å². The molecule has 2 aliphatic heterocycles. The van der Waals surface area contributed by atoms with Gasteiger partial charge in [0.1, 0.15) is 11.9 Å². The zero-order valence-electron chi connectivity index (χ0n) is 14.5. The number of carbonyl (C=O) groups excluding carboxylic acids is 3. The average molecular weight is 380 g/mol. The highest BCUT2D eigenvalue weighted by Crippen LogP contribution is 2.47. The number of fused-ring (bicyclic) bond motifs is 1. The highest BCUT2D eigenvalue weighted by molar-refractivity contribution is 8.01. The predicted octanol–water partition coefficient (Wildman–Crippen LogP) is 1.48. The van der Waals surface area contributed by atoms with Crippen molar-refractivity contribution < 1.29 is 23.5 Å². The number of amides is 2. The monoisotopic (exact) mass is 380 g/mol. The fourth-order valence-corrected chi connectivity index (χ4v) is 4.69. The largest absolute Gasteiger partial charge is 0.454 e. The molecule has 0 radical (unpaired) electrons. The van der Waals surface area contributed by atoms with E-state index in [2.05, 4.69) is 5.32 Å². The standard InChI is InChI=1S/C18H21FN2O4S/c1-18-8-6-16(23)21(18)14(11-26-18)17(24)25-10-15(22)20-9-7-12-2-4-13(19)5-3-12/h2-5,14H,6-11H2,1H3,(H,20,22)/t14-,18+/m0/s1. The molecule has 0 unspecified atom stereocenters. The van der Waals surface area contributed by atoms with Gasteiger partial charge in [-0.25, -0.2) is 9.18 Å². The average Bonchev–Trinajstić information content (AvgIpc) is 3.11. The first-order valence-corrected chi connectivity index (χ1v) is 9.51. The predicted molar refractivity (Wildman–Crippen MR) is 94.8 cm³/mol. The molecule has 0 saturated carbocycles. The molecule has 2 atom stereocenters. The van der Waals surface area contributed by atoms with Crippen molar-refractivity contribution in [2.45, 2.75) is 37.1 Å². The Balaban J connectivity index is 1.41. The van der Waals surface area contributed by atoms with Crippen LogP contribution in [0.15, 0.2) is 24.3 Å². The maximum Gasteiger partial charge on any atom is 0.330 e. The van der Waals surface area contributed by atoms with Crippen molar-refractivity contribution in [3.8, 4) is 0 Å². The smallest absolute Gasteiger partial charge is 0.330 e. The molecule has 0 aromatic heterocycles. The van der Waals surface area contributed by atoms with Gasteiger partial charge in [-0.05, 0) is 37.5 Å². The van der Waals surface area contributed by atoms with Crippen molar-refractivity contribution in [1.82, 2.24) is 10.2 Å². The van der Waals surface area contributed by atoms with E-state index in [0.717, 1.165) is 12.0 Å². The number of hydrogen-bond donors (Lipinski definition) is 1. The molecular weight excluding hydrogens is 359 g/mol. The van der Waals surface area contributed by atoms with Crippen LogP contribution in [-0.2, 0) is 25.5 Å². The van der Waals surface area contributed by atoms with Crippen LogP contribution >= 0.6 is 11.8 Å². The van der Waals surface area contributed by atoms with Crippen LogP contribution in [0.3, 0.4) is 0 Å². The molecule has 6 nitrogen and oxygen atoms in total. The zero-order chi connectivity index (χ0) is 18.7. The first-order valence-electron chi connectivity index (χ1n) is 8.53. The molecule has 2 aliphatic rings. The van der Waals surface area contributed by atoms with Gasteiger partial charge >= 0.3 is 5.97 Å². The second kappa shape index (κ2) is 7.65. The quantitative estimate of drug-likeness (QED) is 0.757. The summed E-state index contributed by atoms with van der Waals surface area (Å²) in [5.74, 6) is -0.787. The summed E-state index contributed by atoms with van der Waals surface area (Å²) in [6.45, 7) is 1.95. The number of halogens is 1. The van der Waals surface area contributed by atoms with Gasteiger partial charge in [-0.1, -0.05) is 12.1 Å². The molecule has 1 aromatic carbocycles. The van der Waals surface area contributed by atoms with Gasteiger partial charge < -0.3 is 15.0 Å². The van der Waals surface area contributed by atoms with Gasteiger partial charge in [0, 0.05) is 18.7 Å². The van der Waals surface area contributed by atoms with E-state index >= 15 is 0 Å². The Morgan fingerprint density at radius 1 is 1.38 bits per heavy atom. The van der Waals surface area contributed by atoms with Gasteiger partial charge in [0.2, 0.25) is 5.91 Å². The van der Waals surface area contributed by atoms with E-state index in [1.165, 1.54) is 12.1 Å². The third-order valence-electron chi connectivity index (χ3n) is 4.71. The van der Waals surface area contributed by atoms with E-state index in [9.17, 15) is 18.8 Å². The van der Waals surface area contributed by atoms with Crippen molar-refractivity contribution in [2.75, 3.05) is 18.9 Å². The van der Waals surface area contributed by atoms with Crippen LogP contribution in [0.25, 0.3) is 0 Å². The number of thioether (sulfide) groups is 1. The van der Waals surface area contributed by atoms with Crippen molar-refractivity contribution in [3.05, 3.63) is 35.6 Å². The first kappa shape index (κ1) is 18.7. The number of carbonyl (C=O) groups is 3. The van der Waals surface area contributed by atoms with Gasteiger partial charge in [0.25, 0.3) is 5.91 Å². The number of nitrogens with zero attached hydrogens (tertiary/aromatic N) is 1. The van der Waals surface area contributed by atoms with Crippen molar-refractivity contribution in [1.29, 1.82) is 0 Å². The number of hydrogen-bond acceptors (Lipinski definition) is 5. The van der Waals surface area contributed by atoms with E-state index in [-0.39, 0.29) is 23.2 Å². The highest BCUT2D eigenvalue weighted by Gasteiger charge is 2.53. The molecular formula is C18H21FN2O4S. The summed E-state index contributed by atoms with van der Waals surface area (Å²) in [5.41, 5.74) is 0.901. The lowest BCUT2D eigenvalue weighted by Crippen LogP contribution is -2.47. The van der Waals surface area contributed by atoms with Crippen LogP contribution in [0.5, 0.6) is 0 Å². The Morgan fingerprint density at radius 2 is 2.12 bits per heavy atom. The summed E-state index contributed by atoms with van der Waals surface area (Å²) in [6.07, 6.45) is 1.72. The molecule has 0 aliphatic carbocycles. The highest BCUT2D eigenvalue weighted by atomic mass is 32.2. The summed E-state index contributed by atoms with van der Waals surface area (Å²) in [5, 5.41) is 2.66. The Kier molecular flexibility index (Phi) is 5.50. The van der Waals surface area contributed by atoms with Gasteiger partial charge in [0.15, 0.2) is 6.61 Å². The minimum Gasteiger partial charge on any atom is -0.454 e. The van der Waals surface area contributed by atoms with Gasteiger partial charge in [-0.2, -0.15) is 0 Å². The first-order chi connectivity index (χ1) is 12.4. The molecule has 2 fully saturated rings. The molecule has 140 valence electrons. The van der Waals surface area contributed by atoms with E-state index < -0.39 is 17.9 Å². The normalized spacial score (nSPS) is 24.5. The maximum absolute atomic E-state index is 12.8. The zero-order valence-corrected chi connectivity index (χ0v) is 15.3. The number of nitrogens with one attached hydrogen (secondary N) is 1. The number of ether oxygens (including phenoxy) is 1. The number of benzene rings is 1. The van der Waals surface area contributed by atoms with Crippen LogP contribution in [0, 0.1) is 5.82 Å². The van der Waals surface area contributed by atoms with Crippen molar-refractivity contribution >= 4 is 29.5 Å². The van der Waals surface area contributed by atoms with E-state index in [0.29, 0.717) is 25.1 Å². The summed E-state index contributed by atoms with van der Waals surface area (Å²) >= 11 is 1.58. The molecule has 0 bridgehead atoms. The Labute approximate surface area is 155 Å². The topological polar surface area (TPSA) is 75.7 Å². The third kappa shape index (κ3) is 4.00. The molecule has 0 spiro atoms. The third-order valence-corrected chi connectivity index (χ3v) is 6.22. The van der Waals surface area contributed by atoms with Gasteiger partial charge in [-0.15, -0.1) is 11.8 Å². The van der Waals surface area contributed by atoms with E-state index in [1.54, 1.807) is 28.8 Å². The van der Waals surface area contributed by atoms with Crippen LogP contribution in [0.2, 0.25) is 0 Å². The number of esters is 1. The van der Waals surface area contributed by atoms with Crippen LogP contribution < -0.4 is 5.32 Å². The lowest BCUT2D eigenvalue weighted by Gasteiger charge is -2.29. The molecule has 3 rings (SSSR count). The minimum absolute atomic E-state index is 0.0387. The summed E-state index contributed by atoms with van der Waals surface area (Å²) in [7, 11) is 0. The molecule has 2 heterocycles. The van der Waals surface area contributed by atoms with E-state index in [1.807, 2.05) is 6.92 Å². The van der Waals surface area contributed by atoms with Crippen molar-refractivity contribution in [2.24, 2.45) is 0 Å². The molecule has 1 N–H and O–H groups in total. The lowest BCUT2D eigenvalue weighted by atomic mass is 10.1. The van der Waals surface area contributed by atoms with Crippen molar-refractivity contribution in [3.63, 3.8) is 0 Å². The lowest BCUT2D eigenvalue weighted by molar-refractivity contribution is -0.156. The maximum atomic E-state index is 12.8. The van der Waals surface area contributed by atoms with Crippen LogP contribution in [0.1, 0.15) is 25.3 Å². The van der Waals surface area contributed by atoms with Crippen LogP contribution in [0.4, 0.5) is 4.39 Å². The summed E-state index contributed by atoms with van der Waals surface area (Å²) < 4.78 is 17.9. The summed E-state index contributed by atoms with van der Waals surface area (Å²) in [4.78, 5) is 37.4. The Bertz CT molecular complexity index is 712. The second-order valence-electron chi connectivity index (χ2n) is 6.60. The fraction of sp³-hybridized carbons (Fsp3) is 0.500. The Hall–Kier alpha value is -2.09. The van der Waals surface area contributed by atoms with Crippen LogP contribution in [-0.4, -0.2) is 52.5 Å². The van der Waals surface area contributed by atoms with E-state index in [4.69, 9.17) is 4.74 Å². The molecule has 1 aromatic rings.